The van der Waals surface area contributed by atoms with Crippen molar-refractivity contribution in [1.82, 2.24) is 19.7 Å². The van der Waals surface area contributed by atoms with Crippen LogP contribution >= 0.6 is 0 Å². The van der Waals surface area contributed by atoms with Gasteiger partial charge in [-0.3, -0.25) is 0 Å². The third-order valence-electron chi connectivity index (χ3n) is 4.28. The second-order valence-corrected chi connectivity index (χ2v) is 8.09. The number of rotatable bonds is 8. The van der Waals surface area contributed by atoms with Crippen LogP contribution in [-0.2, 0) is 16.4 Å². The molecule has 9 nitrogen and oxygen atoms in total. The number of nitrogens with one attached hydrogen (secondary N) is 3. The van der Waals surface area contributed by atoms with Gasteiger partial charge in [0.1, 0.15) is 29.5 Å². The summed E-state index contributed by atoms with van der Waals surface area (Å²) >= 11 is 0. The minimum Gasteiger partial charge on any atom is -0.493 e. The molecule has 2 aromatic heterocycles. The van der Waals surface area contributed by atoms with Crippen molar-refractivity contribution in [2.45, 2.75) is 11.3 Å². The van der Waals surface area contributed by atoms with Crippen LogP contribution in [0.3, 0.4) is 0 Å². The van der Waals surface area contributed by atoms with E-state index in [9.17, 15) is 8.42 Å². The first-order valence-corrected chi connectivity index (χ1v) is 10.6. The van der Waals surface area contributed by atoms with E-state index in [1.54, 1.807) is 30.5 Å². The highest BCUT2D eigenvalue weighted by Gasteiger charge is 2.18. The summed E-state index contributed by atoms with van der Waals surface area (Å²) in [6, 6.07) is 12.2. The summed E-state index contributed by atoms with van der Waals surface area (Å²) in [5.74, 6) is 2.59. The SMILES string of the molecule is O=S(=O)(NCCNc1cc(Nc2ccccn2)ncn1)c1ccc2c(c1)CCO2. The van der Waals surface area contributed by atoms with E-state index in [2.05, 4.69) is 30.3 Å². The maximum atomic E-state index is 12.5. The Morgan fingerprint density at radius 3 is 2.72 bits per heavy atom. The van der Waals surface area contributed by atoms with Crippen molar-refractivity contribution in [3.8, 4) is 5.75 Å². The van der Waals surface area contributed by atoms with Gasteiger partial charge in [0.15, 0.2) is 0 Å². The molecule has 29 heavy (non-hydrogen) atoms. The fourth-order valence-electron chi connectivity index (χ4n) is 2.88. The van der Waals surface area contributed by atoms with Crippen LogP contribution in [0.4, 0.5) is 17.5 Å². The van der Waals surface area contributed by atoms with E-state index in [-0.39, 0.29) is 11.4 Å². The van der Waals surface area contributed by atoms with Gasteiger partial charge in [-0.15, -0.1) is 0 Å². The molecule has 4 rings (SSSR count). The van der Waals surface area contributed by atoms with Gasteiger partial charge in [-0.1, -0.05) is 6.07 Å². The summed E-state index contributed by atoms with van der Waals surface area (Å²) in [6.07, 6.45) is 3.83. The summed E-state index contributed by atoms with van der Waals surface area (Å²) in [5, 5.41) is 6.16. The summed E-state index contributed by atoms with van der Waals surface area (Å²) in [6.45, 7) is 1.17. The van der Waals surface area contributed by atoms with Crippen LogP contribution in [0.2, 0.25) is 0 Å². The molecule has 0 saturated heterocycles. The quantitative estimate of drug-likeness (QED) is 0.481. The van der Waals surface area contributed by atoms with Crippen molar-refractivity contribution >= 4 is 27.5 Å². The standard InChI is InChI=1S/C19H20N6O3S/c26-29(27,15-4-5-16-14(11-15)6-10-28-16)24-9-8-21-18-12-19(23-13-22-18)25-17-3-1-2-7-20-17/h1-5,7,11-13,24H,6,8-10H2,(H2,20,21,22,23,25). The average Bonchev–Trinajstić information content (AvgIpc) is 3.20. The third kappa shape index (κ3) is 4.79. The van der Waals surface area contributed by atoms with Crippen LogP contribution in [0.15, 0.2) is 59.9 Å². The van der Waals surface area contributed by atoms with Crippen molar-refractivity contribution in [2.75, 3.05) is 30.3 Å². The fraction of sp³-hybridized carbons (Fsp3) is 0.211. The first-order chi connectivity index (χ1) is 14.1. The van der Waals surface area contributed by atoms with E-state index in [0.717, 1.165) is 17.7 Å². The lowest BCUT2D eigenvalue weighted by molar-refractivity contribution is 0.356. The topological polar surface area (TPSA) is 118 Å². The third-order valence-corrected chi connectivity index (χ3v) is 5.74. The molecule has 0 amide bonds. The van der Waals surface area contributed by atoms with Crippen LogP contribution in [0.25, 0.3) is 0 Å². The van der Waals surface area contributed by atoms with E-state index in [4.69, 9.17) is 4.74 Å². The first kappa shape index (κ1) is 19.1. The Balaban J connectivity index is 1.30. The Hall–Kier alpha value is -3.24. The largest absolute Gasteiger partial charge is 0.493 e. The molecule has 1 aliphatic heterocycles. The number of hydrogen-bond acceptors (Lipinski definition) is 8. The summed E-state index contributed by atoms with van der Waals surface area (Å²) in [5.41, 5.74) is 0.917. The van der Waals surface area contributed by atoms with Crippen LogP contribution in [0.1, 0.15) is 5.56 Å². The van der Waals surface area contributed by atoms with E-state index in [0.29, 0.717) is 30.6 Å². The van der Waals surface area contributed by atoms with E-state index in [1.165, 1.54) is 6.33 Å². The zero-order valence-corrected chi connectivity index (χ0v) is 16.3. The first-order valence-electron chi connectivity index (χ1n) is 9.09. The van der Waals surface area contributed by atoms with Crippen LogP contribution in [0.5, 0.6) is 5.75 Å². The maximum Gasteiger partial charge on any atom is 0.240 e. The molecule has 0 saturated carbocycles. The van der Waals surface area contributed by atoms with Crippen molar-refractivity contribution < 1.29 is 13.2 Å². The smallest absolute Gasteiger partial charge is 0.240 e. The molecule has 0 fully saturated rings. The lowest BCUT2D eigenvalue weighted by Crippen LogP contribution is -2.29. The van der Waals surface area contributed by atoms with Gasteiger partial charge in [-0.05, 0) is 35.9 Å². The zero-order chi connectivity index (χ0) is 20.1. The van der Waals surface area contributed by atoms with E-state index in [1.807, 2.05) is 18.2 Å². The molecule has 0 atom stereocenters. The predicted octanol–water partition coefficient (Wildman–Crippen LogP) is 1.94. The minimum atomic E-state index is -3.58. The molecular weight excluding hydrogens is 392 g/mol. The van der Waals surface area contributed by atoms with Gasteiger partial charge in [0, 0.05) is 31.8 Å². The Kier molecular flexibility index (Phi) is 5.54. The van der Waals surface area contributed by atoms with Crippen molar-refractivity contribution in [1.29, 1.82) is 0 Å². The normalized spacial score (nSPS) is 12.8. The van der Waals surface area contributed by atoms with Crippen LogP contribution in [-0.4, -0.2) is 43.1 Å². The lowest BCUT2D eigenvalue weighted by atomic mass is 10.2. The molecule has 10 heteroatoms. The molecular formula is C19H20N6O3S. The number of sulfonamides is 1. The summed E-state index contributed by atoms with van der Waals surface area (Å²) in [7, 11) is -3.58. The second-order valence-electron chi connectivity index (χ2n) is 6.32. The minimum absolute atomic E-state index is 0.211. The van der Waals surface area contributed by atoms with Gasteiger partial charge < -0.3 is 15.4 Å². The van der Waals surface area contributed by atoms with E-state index < -0.39 is 10.0 Å². The Morgan fingerprint density at radius 1 is 0.966 bits per heavy atom. The highest BCUT2D eigenvalue weighted by molar-refractivity contribution is 7.89. The zero-order valence-electron chi connectivity index (χ0n) is 15.5. The Bertz CT molecular complexity index is 1090. The molecule has 3 N–H and O–H groups in total. The molecule has 0 bridgehead atoms. The number of hydrogen-bond donors (Lipinski definition) is 3. The van der Waals surface area contributed by atoms with Crippen molar-refractivity contribution in [3.05, 3.63) is 60.6 Å². The van der Waals surface area contributed by atoms with Gasteiger partial charge in [-0.25, -0.2) is 28.1 Å². The van der Waals surface area contributed by atoms with E-state index >= 15 is 0 Å². The number of anilines is 3. The number of fused-ring (bicyclic) bond motifs is 1. The number of benzene rings is 1. The second kappa shape index (κ2) is 8.41. The monoisotopic (exact) mass is 412 g/mol. The molecule has 1 aliphatic rings. The maximum absolute atomic E-state index is 12.5. The van der Waals surface area contributed by atoms with Crippen LogP contribution in [0, 0.1) is 0 Å². The number of pyridine rings is 1. The lowest BCUT2D eigenvalue weighted by Gasteiger charge is -2.10. The molecule has 3 heterocycles. The van der Waals surface area contributed by atoms with Crippen molar-refractivity contribution in [3.63, 3.8) is 0 Å². The Morgan fingerprint density at radius 2 is 1.86 bits per heavy atom. The van der Waals surface area contributed by atoms with Gasteiger partial charge >= 0.3 is 0 Å². The molecule has 0 aliphatic carbocycles. The van der Waals surface area contributed by atoms with Crippen molar-refractivity contribution in [2.24, 2.45) is 0 Å². The molecule has 0 radical (unpaired) electrons. The highest BCUT2D eigenvalue weighted by atomic mass is 32.2. The predicted molar refractivity (Wildman–Crippen MR) is 109 cm³/mol. The fourth-order valence-corrected chi connectivity index (χ4v) is 3.96. The molecule has 0 spiro atoms. The van der Waals surface area contributed by atoms with Gasteiger partial charge in [-0.2, -0.15) is 0 Å². The average molecular weight is 412 g/mol. The number of nitrogens with zero attached hydrogens (tertiary/aromatic N) is 3. The number of aromatic nitrogens is 3. The number of ether oxygens (including phenoxy) is 1. The molecule has 0 unspecified atom stereocenters. The molecule has 3 aromatic rings. The van der Waals surface area contributed by atoms with Gasteiger partial charge in [0.05, 0.1) is 11.5 Å². The summed E-state index contributed by atoms with van der Waals surface area (Å²) < 4.78 is 33.0. The van der Waals surface area contributed by atoms with Gasteiger partial charge in [0.2, 0.25) is 10.0 Å². The van der Waals surface area contributed by atoms with Gasteiger partial charge in [0.25, 0.3) is 0 Å². The molecule has 1 aromatic carbocycles. The molecule has 150 valence electrons. The van der Waals surface area contributed by atoms with Crippen LogP contribution < -0.4 is 20.1 Å². The summed E-state index contributed by atoms with van der Waals surface area (Å²) in [4.78, 5) is 12.7. The highest BCUT2D eigenvalue weighted by Crippen LogP contribution is 2.27. The Labute approximate surface area is 168 Å².